The number of aromatic nitrogens is 2. The summed E-state index contributed by atoms with van der Waals surface area (Å²) < 4.78 is 5.74. The normalized spacial score (nSPS) is 21.1. The monoisotopic (exact) mass is 464 g/mol. The van der Waals surface area contributed by atoms with Gasteiger partial charge in [0.15, 0.2) is 5.82 Å². The Labute approximate surface area is 204 Å². The Kier molecular flexibility index (Phi) is 7.62. The molecule has 5 rings (SSSR count). The summed E-state index contributed by atoms with van der Waals surface area (Å²) in [6.45, 7) is 8.16. The summed E-state index contributed by atoms with van der Waals surface area (Å²) >= 11 is 0. The molecule has 7 nitrogen and oxygen atoms in total. The van der Waals surface area contributed by atoms with Gasteiger partial charge in [0.2, 0.25) is 0 Å². The first kappa shape index (κ1) is 23.5. The molecule has 1 N–H and O–H groups in total. The second kappa shape index (κ2) is 11.0. The Morgan fingerprint density at radius 1 is 1.06 bits per heavy atom. The Hall–Kier alpha value is -2.22. The molecule has 4 heterocycles. The molecule has 184 valence electrons. The molecule has 1 atom stereocenters. The van der Waals surface area contributed by atoms with Crippen LogP contribution in [0.15, 0.2) is 24.3 Å². The Morgan fingerprint density at radius 2 is 1.88 bits per heavy atom. The van der Waals surface area contributed by atoms with Crippen LogP contribution in [-0.4, -0.2) is 85.8 Å². The van der Waals surface area contributed by atoms with E-state index < -0.39 is 0 Å². The average Bonchev–Trinajstić information content (AvgIpc) is 3.40. The van der Waals surface area contributed by atoms with Gasteiger partial charge in [0.05, 0.1) is 18.9 Å². The molecule has 1 aromatic carbocycles. The van der Waals surface area contributed by atoms with Crippen LogP contribution in [0.5, 0.6) is 0 Å². The third kappa shape index (κ3) is 5.53. The van der Waals surface area contributed by atoms with E-state index in [1.54, 1.807) is 0 Å². The smallest absolute Gasteiger partial charge is 0.161 e. The van der Waals surface area contributed by atoms with Gasteiger partial charge in [-0.2, -0.15) is 0 Å². The number of hydrogen-bond donors (Lipinski definition) is 1. The van der Waals surface area contributed by atoms with Crippen molar-refractivity contribution in [3.63, 3.8) is 0 Å². The number of anilines is 2. The largest absolute Gasteiger partial charge is 0.376 e. The number of piperidine rings is 1. The predicted molar refractivity (Wildman–Crippen MR) is 139 cm³/mol. The third-order valence-electron chi connectivity index (χ3n) is 7.58. The van der Waals surface area contributed by atoms with Crippen molar-refractivity contribution in [3.8, 4) is 11.4 Å². The number of hydrogen-bond acceptors (Lipinski definition) is 7. The van der Waals surface area contributed by atoms with Gasteiger partial charge in [-0.3, -0.25) is 0 Å². The van der Waals surface area contributed by atoms with Crippen LogP contribution in [0.4, 0.5) is 11.5 Å². The molecule has 7 heteroatoms. The highest BCUT2D eigenvalue weighted by Crippen LogP contribution is 2.28. The average molecular weight is 465 g/mol. The molecule has 0 amide bonds. The van der Waals surface area contributed by atoms with Gasteiger partial charge in [-0.15, -0.1) is 0 Å². The molecule has 3 aliphatic heterocycles. The van der Waals surface area contributed by atoms with Crippen molar-refractivity contribution < 1.29 is 4.74 Å². The molecule has 34 heavy (non-hydrogen) atoms. The summed E-state index contributed by atoms with van der Waals surface area (Å²) in [5, 5.41) is 3.61. The maximum Gasteiger partial charge on any atom is 0.161 e. The van der Waals surface area contributed by atoms with E-state index in [0.717, 1.165) is 74.1 Å². The van der Waals surface area contributed by atoms with E-state index in [1.165, 1.54) is 44.5 Å². The van der Waals surface area contributed by atoms with Crippen LogP contribution in [0, 0.1) is 0 Å². The van der Waals surface area contributed by atoms with Gasteiger partial charge in [0.25, 0.3) is 0 Å². The molecular weight excluding hydrogens is 424 g/mol. The zero-order valence-corrected chi connectivity index (χ0v) is 20.9. The summed E-state index contributed by atoms with van der Waals surface area (Å²) in [5.41, 5.74) is 4.64. The van der Waals surface area contributed by atoms with Crippen LogP contribution in [0.3, 0.4) is 0 Å². The molecule has 2 fully saturated rings. The van der Waals surface area contributed by atoms with E-state index in [4.69, 9.17) is 14.7 Å². The first-order chi connectivity index (χ1) is 16.7. The fraction of sp³-hybridized carbons (Fsp3) is 0.630. The fourth-order valence-corrected chi connectivity index (χ4v) is 5.45. The highest BCUT2D eigenvalue weighted by Gasteiger charge is 2.22. The molecule has 0 bridgehead atoms. The highest BCUT2D eigenvalue weighted by molar-refractivity contribution is 5.63. The van der Waals surface area contributed by atoms with E-state index >= 15 is 0 Å². The second-order valence-corrected chi connectivity index (χ2v) is 10.2. The Bertz CT molecular complexity index is 941. The Balaban J connectivity index is 1.29. The first-order valence-corrected chi connectivity index (χ1v) is 13.1. The molecule has 0 spiro atoms. The van der Waals surface area contributed by atoms with E-state index in [0.29, 0.717) is 12.6 Å². The second-order valence-electron chi connectivity index (χ2n) is 10.2. The summed E-state index contributed by atoms with van der Waals surface area (Å²) in [5.74, 6) is 1.77. The van der Waals surface area contributed by atoms with Gasteiger partial charge in [-0.25, -0.2) is 9.97 Å². The standard InChI is InChI=1S/C27H40N6O/c1-31(2)23-7-5-17-33(19-23)22-10-8-21(9-11-22)26-29-25-12-18-34-20-24(25)27(30-26)28-13-6-16-32-14-3-4-15-32/h8-11,23H,3-7,12-20H2,1-2H3,(H,28,29,30)/t23-/m0/s1. The number of nitrogens with one attached hydrogen (secondary N) is 1. The van der Waals surface area contributed by atoms with Crippen molar-refractivity contribution in [1.29, 1.82) is 0 Å². The molecular formula is C27H40N6O. The molecule has 1 aromatic heterocycles. The Morgan fingerprint density at radius 3 is 2.68 bits per heavy atom. The maximum absolute atomic E-state index is 5.74. The molecule has 0 saturated carbocycles. The minimum Gasteiger partial charge on any atom is -0.376 e. The molecule has 0 unspecified atom stereocenters. The zero-order chi connectivity index (χ0) is 23.3. The first-order valence-electron chi connectivity index (χ1n) is 13.1. The van der Waals surface area contributed by atoms with Gasteiger partial charge in [0, 0.05) is 48.9 Å². The fourth-order valence-electron chi connectivity index (χ4n) is 5.45. The van der Waals surface area contributed by atoms with Crippen molar-refractivity contribution in [2.75, 3.05) is 70.2 Å². The van der Waals surface area contributed by atoms with Crippen molar-refractivity contribution in [3.05, 3.63) is 35.5 Å². The van der Waals surface area contributed by atoms with Crippen LogP contribution in [0.2, 0.25) is 0 Å². The van der Waals surface area contributed by atoms with Gasteiger partial charge in [-0.05, 0) is 90.1 Å². The van der Waals surface area contributed by atoms with Gasteiger partial charge in [0.1, 0.15) is 5.82 Å². The summed E-state index contributed by atoms with van der Waals surface area (Å²) in [6, 6.07) is 9.48. The van der Waals surface area contributed by atoms with Crippen LogP contribution in [0.1, 0.15) is 43.4 Å². The van der Waals surface area contributed by atoms with E-state index in [-0.39, 0.29) is 0 Å². The highest BCUT2D eigenvalue weighted by atomic mass is 16.5. The van der Waals surface area contributed by atoms with Gasteiger partial charge in [-0.1, -0.05) is 0 Å². The number of likely N-dealkylation sites (N-methyl/N-ethyl adjacent to an activating group) is 1. The quantitative estimate of drug-likeness (QED) is 0.599. The lowest BCUT2D eigenvalue weighted by molar-refractivity contribution is 0.109. The minimum absolute atomic E-state index is 0.602. The number of rotatable bonds is 8. The summed E-state index contributed by atoms with van der Waals surface area (Å²) in [7, 11) is 4.38. The number of benzene rings is 1. The van der Waals surface area contributed by atoms with Crippen molar-refractivity contribution in [2.24, 2.45) is 0 Å². The zero-order valence-electron chi connectivity index (χ0n) is 20.9. The maximum atomic E-state index is 5.74. The van der Waals surface area contributed by atoms with Crippen molar-refractivity contribution >= 4 is 11.5 Å². The number of nitrogens with zero attached hydrogens (tertiary/aromatic N) is 5. The summed E-state index contributed by atoms with van der Waals surface area (Å²) in [6.07, 6.45) is 7.20. The molecule has 2 aromatic rings. The van der Waals surface area contributed by atoms with E-state index in [2.05, 4.69) is 58.4 Å². The summed E-state index contributed by atoms with van der Waals surface area (Å²) in [4.78, 5) is 17.3. The molecule has 2 saturated heterocycles. The lowest BCUT2D eigenvalue weighted by atomic mass is 10.0. The number of fused-ring (bicyclic) bond motifs is 1. The number of ether oxygens (including phenoxy) is 1. The predicted octanol–water partition coefficient (Wildman–Crippen LogP) is 3.64. The lowest BCUT2D eigenvalue weighted by Crippen LogP contribution is -2.45. The molecule has 0 radical (unpaired) electrons. The lowest BCUT2D eigenvalue weighted by Gasteiger charge is -2.37. The van der Waals surface area contributed by atoms with E-state index in [1.807, 2.05) is 0 Å². The third-order valence-corrected chi connectivity index (χ3v) is 7.58. The SMILES string of the molecule is CN(C)[C@H]1CCCN(c2ccc(-c3nc4c(c(NCCCN5CCCC5)n3)COCC4)cc2)C1. The minimum atomic E-state index is 0.602. The molecule has 0 aliphatic carbocycles. The van der Waals surface area contributed by atoms with Crippen molar-refractivity contribution in [1.82, 2.24) is 19.8 Å². The van der Waals surface area contributed by atoms with Crippen LogP contribution >= 0.6 is 0 Å². The number of likely N-dealkylation sites (tertiary alicyclic amines) is 1. The van der Waals surface area contributed by atoms with Gasteiger partial charge >= 0.3 is 0 Å². The van der Waals surface area contributed by atoms with Crippen LogP contribution in [0.25, 0.3) is 11.4 Å². The topological polar surface area (TPSA) is 56.8 Å². The van der Waals surface area contributed by atoms with Crippen LogP contribution < -0.4 is 10.2 Å². The van der Waals surface area contributed by atoms with Gasteiger partial charge < -0.3 is 24.8 Å². The van der Waals surface area contributed by atoms with Crippen LogP contribution in [-0.2, 0) is 17.8 Å². The van der Waals surface area contributed by atoms with Crippen molar-refractivity contribution in [2.45, 2.75) is 51.2 Å². The molecule has 3 aliphatic rings. The van der Waals surface area contributed by atoms with E-state index in [9.17, 15) is 0 Å².